The lowest BCUT2D eigenvalue weighted by Crippen LogP contribution is -2.24. The Bertz CT molecular complexity index is 1700. The molecule has 0 bridgehead atoms. The number of benzene rings is 1. The SMILES string of the molecule is C.Cc1cc(Oc2ccccc2)ncc1-n1c(=O)nc2c(=C(O)C[C@@H]3CC[C@@H](N)C3)sc3nccc1c32. The van der Waals surface area contributed by atoms with Crippen LogP contribution in [0.25, 0.3) is 32.7 Å². The minimum atomic E-state index is -0.438. The van der Waals surface area contributed by atoms with Crippen molar-refractivity contribution in [3.8, 4) is 17.3 Å². The molecule has 3 N–H and O–H groups in total. The largest absolute Gasteiger partial charge is 0.511 e. The van der Waals surface area contributed by atoms with E-state index in [0.717, 1.165) is 35.0 Å². The lowest BCUT2D eigenvalue weighted by Gasteiger charge is -2.13. The molecule has 8 nitrogen and oxygen atoms in total. The van der Waals surface area contributed by atoms with E-state index in [-0.39, 0.29) is 19.2 Å². The molecule has 37 heavy (non-hydrogen) atoms. The maximum Gasteiger partial charge on any atom is 0.353 e. The third-order valence-electron chi connectivity index (χ3n) is 6.77. The summed E-state index contributed by atoms with van der Waals surface area (Å²) in [4.78, 5) is 27.4. The molecule has 2 atom stereocenters. The zero-order chi connectivity index (χ0) is 24.8. The van der Waals surface area contributed by atoms with E-state index in [2.05, 4.69) is 15.0 Å². The Morgan fingerprint density at radius 3 is 2.76 bits per heavy atom. The van der Waals surface area contributed by atoms with E-state index < -0.39 is 5.69 Å². The number of rotatable bonds is 5. The second-order valence-corrected chi connectivity index (χ2v) is 10.3. The van der Waals surface area contributed by atoms with Gasteiger partial charge in [-0.15, -0.1) is 11.3 Å². The van der Waals surface area contributed by atoms with Crippen LogP contribution in [0.2, 0.25) is 0 Å². The van der Waals surface area contributed by atoms with Crippen LogP contribution in [0.4, 0.5) is 0 Å². The third-order valence-corrected chi connectivity index (χ3v) is 7.91. The van der Waals surface area contributed by atoms with Gasteiger partial charge in [0, 0.05) is 24.7 Å². The molecule has 1 saturated carbocycles. The third kappa shape index (κ3) is 4.56. The summed E-state index contributed by atoms with van der Waals surface area (Å²) in [5.74, 6) is 1.71. The van der Waals surface area contributed by atoms with Gasteiger partial charge in [0.15, 0.2) is 0 Å². The Labute approximate surface area is 218 Å². The van der Waals surface area contributed by atoms with E-state index in [1.54, 1.807) is 29.1 Å². The molecule has 0 spiro atoms. The number of aromatic nitrogens is 4. The first-order chi connectivity index (χ1) is 17.5. The van der Waals surface area contributed by atoms with E-state index in [1.165, 1.54) is 11.3 Å². The average molecular weight is 516 g/mol. The maximum absolute atomic E-state index is 13.4. The predicted octanol–water partition coefficient (Wildman–Crippen LogP) is 5.03. The quantitative estimate of drug-likeness (QED) is 0.337. The summed E-state index contributed by atoms with van der Waals surface area (Å²) >= 11 is 1.36. The molecule has 1 aliphatic carbocycles. The summed E-state index contributed by atoms with van der Waals surface area (Å²) in [5.41, 5.74) is 8.22. The number of hydrogen-bond donors (Lipinski definition) is 2. The summed E-state index contributed by atoms with van der Waals surface area (Å²) in [6.07, 6.45) is 6.70. The number of hydrogen-bond acceptors (Lipinski definition) is 8. The van der Waals surface area contributed by atoms with Crippen LogP contribution in [0, 0.1) is 12.8 Å². The molecule has 6 rings (SSSR count). The van der Waals surface area contributed by atoms with E-state index in [4.69, 9.17) is 10.5 Å². The molecule has 1 aliphatic rings. The second-order valence-electron chi connectivity index (χ2n) is 9.33. The molecular formula is C28H29N5O3S. The minimum absolute atomic E-state index is 0. The number of aryl methyl sites for hydroxylation is 1. The van der Waals surface area contributed by atoms with Gasteiger partial charge >= 0.3 is 5.69 Å². The van der Waals surface area contributed by atoms with Crippen LogP contribution in [0.5, 0.6) is 11.6 Å². The monoisotopic (exact) mass is 515 g/mol. The summed E-state index contributed by atoms with van der Waals surface area (Å²) in [7, 11) is 0. The van der Waals surface area contributed by atoms with Gasteiger partial charge in [-0.3, -0.25) is 4.57 Å². The van der Waals surface area contributed by atoms with Crippen molar-refractivity contribution in [3.05, 3.63) is 75.4 Å². The van der Waals surface area contributed by atoms with Crippen molar-refractivity contribution < 1.29 is 9.84 Å². The molecule has 5 aromatic rings. The van der Waals surface area contributed by atoms with Gasteiger partial charge in [0.05, 0.1) is 27.3 Å². The Morgan fingerprint density at radius 2 is 2.03 bits per heavy atom. The van der Waals surface area contributed by atoms with E-state index in [1.807, 2.05) is 37.3 Å². The second kappa shape index (κ2) is 9.91. The van der Waals surface area contributed by atoms with Crippen molar-refractivity contribution in [3.63, 3.8) is 0 Å². The maximum atomic E-state index is 13.4. The zero-order valence-electron chi connectivity index (χ0n) is 19.7. The van der Waals surface area contributed by atoms with E-state index >= 15 is 0 Å². The predicted molar refractivity (Wildman–Crippen MR) is 147 cm³/mol. The van der Waals surface area contributed by atoms with Gasteiger partial charge in [0.2, 0.25) is 5.88 Å². The summed E-state index contributed by atoms with van der Waals surface area (Å²) in [5, 5.41) is 11.8. The minimum Gasteiger partial charge on any atom is -0.511 e. The highest BCUT2D eigenvalue weighted by Gasteiger charge is 2.24. The number of thiophene rings is 1. The van der Waals surface area contributed by atoms with Crippen molar-refractivity contribution in [2.24, 2.45) is 11.7 Å². The standard InChI is InChI=1S/C27H25N5O3S.CH4/c1-15-11-22(35-18-5-3-2-4-6-18)30-14-20(15)32-19-9-10-29-26-23(19)24(31-27(32)34)25(36-26)21(33)13-16-7-8-17(28)12-16;/h2-6,9-11,14,16-17,33H,7-8,12-13,28H2,1H3;1H4/t16-,17-;/m1./s1. The molecule has 190 valence electrons. The van der Waals surface area contributed by atoms with Crippen LogP contribution >= 0.6 is 11.3 Å². The first kappa shape index (κ1) is 24.9. The van der Waals surface area contributed by atoms with E-state index in [0.29, 0.717) is 45.2 Å². The van der Waals surface area contributed by atoms with Crippen LogP contribution in [0.3, 0.4) is 0 Å². The molecule has 1 aromatic carbocycles. The molecular weight excluding hydrogens is 486 g/mol. The Hall–Kier alpha value is -3.82. The van der Waals surface area contributed by atoms with E-state index in [9.17, 15) is 9.90 Å². The van der Waals surface area contributed by atoms with Crippen LogP contribution < -0.4 is 20.7 Å². The van der Waals surface area contributed by atoms with Crippen molar-refractivity contribution >= 4 is 38.3 Å². The summed E-state index contributed by atoms with van der Waals surface area (Å²) < 4.78 is 8.01. The number of para-hydroxylation sites is 1. The Kier molecular flexibility index (Phi) is 6.66. The van der Waals surface area contributed by atoms with Gasteiger partial charge in [0.25, 0.3) is 0 Å². The molecule has 4 heterocycles. The highest BCUT2D eigenvalue weighted by atomic mass is 32.1. The van der Waals surface area contributed by atoms with Crippen molar-refractivity contribution in [2.75, 3.05) is 0 Å². The molecule has 0 saturated heterocycles. The summed E-state index contributed by atoms with van der Waals surface area (Å²) in [6, 6.07) is 13.2. The van der Waals surface area contributed by atoms with Crippen molar-refractivity contribution in [1.82, 2.24) is 19.5 Å². The fourth-order valence-corrected chi connectivity index (χ4v) is 6.10. The van der Waals surface area contributed by atoms with Crippen LogP contribution in [-0.2, 0) is 0 Å². The van der Waals surface area contributed by atoms with Crippen LogP contribution in [-0.4, -0.2) is 30.7 Å². The van der Waals surface area contributed by atoms with Crippen molar-refractivity contribution in [1.29, 1.82) is 0 Å². The number of aliphatic hydroxyl groups is 1. The topological polar surface area (TPSA) is 116 Å². The normalized spacial score (nSPS) is 18.2. The van der Waals surface area contributed by atoms with Gasteiger partial charge in [-0.25, -0.2) is 14.8 Å². The molecule has 0 unspecified atom stereocenters. The first-order valence-electron chi connectivity index (χ1n) is 12.0. The number of aliphatic hydroxyl groups excluding tert-OH is 1. The smallest absolute Gasteiger partial charge is 0.353 e. The lowest BCUT2D eigenvalue weighted by molar-refractivity contribution is 0.431. The number of ether oxygens (including phenoxy) is 1. The number of nitrogens with two attached hydrogens (primary N) is 1. The van der Waals surface area contributed by atoms with Gasteiger partial charge in [-0.1, -0.05) is 25.6 Å². The summed E-state index contributed by atoms with van der Waals surface area (Å²) in [6.45, 7) is 1.90. The van der Waals surface area contributed by atoms with Gasteiger partial charge in [0.1, 0.15) is 21.9 Å². The van der Waals surface area contributed by atoms with Gasteiger partial charge in [-0.05, 0) is 55.9 Å². The molecule has 4 aromatic heterocycles. The molecule has 0 amide bonds. The van der Waals surface area contributed by atoms with Crippen molar-refractivity contribution in [2.45, 2.75) is 46.1 Å². The lowest BCUT2D eigenvalue weighted by atomic mass is 10.0. The van der Waals surface area contributed by atoms with Gasteiger partial charge in [-0.2, -0.15) is 4.98 Å². The highest BCUT2D eigenvalue weighted by Crippen LogP contribution is 2.31. The fourth-order valence-electron chi connectivity index (χ4n) is 5.05. The Morgan fingerprint density at radius 1 is 1.22 bits per heavy atom. The Balaban J connectivity index is 0.00000280. The number of pyridine rings is 2. The first-order valence-corrected chi connectivity index (χ1v) is 12.8. The highest BCUT2D eigenvalue weighted by molar-refractivity contribution is 7.17. The molecule has 0 radical (unpaired) electrons. The zero-order valence-corrected chi connectivity index (χ0v) is 20.5. The molecule has 1 fully saturated rings. The average Bonchev–Trinajstić information content (AvgIpc) is 3.44. The van der Waals surface area contributed by atoms with Gasteiger partial charge < -0.3 is 15.6 Å². The van der Waals surface area contributed by atoms with Crippen LogP contribution in [0.15, 0.2) is 59.7 Å². The van der Waals surface area contributed by atoms with Crippen LogP contribution in [0.1, 0.15) is 38.7 Å². The fraction of sp³-hybridized carbons (Fsp3) is 0.286. The molecule has 0 aliphatic heterocycles. The number of nitrogens with zero attached hydrogens (tertiary/aromatic N) is 4. The molecule has 9 heteroatoms.